The monoisotopic (exact) mass is 316 g/mol. The molecule has 0 spiro atoms. The van der Waals surface area contributed by atoms with E-state index in [0.29, 0.717) is 17.0 Å². The van der Waals surface area contributed by atoms with Crippen LogP contribution in [0.15, 0.2) is 41.2 Å². The number of hydrogen-bond donors (Lipinski definition) is 2. The molecule has 0 atom stereocenters. The molecule has 8 nitrogen and oxygen atoms in total. The van der Waals surface area contributed by atoms with Gasteiger partial charge >= 0.3 is 0 Å². The highest BCUT2D eigenvalue weighted by molar-refractivity contribution is 5.83. The largest absolute Gasteiger partial charge is 0.496 e. The first-order valence-electron chi connectivity index (χ1n) is 6.78. The molecule has 3 N–H and O–H groups in total. The summed E-state index contributed by atoms with van der Waals surface area (Å²) < 4.78 is 6.27. The second-order valence-electron chi connectivity index (χ2n) is 4.66. The Morgan fingerprint density at radius 3 is 2.70 bits per heavy atom. The minimum Gasteiger partial charge on any atom is -0.496 e. The highest BCUT2D eigenvalue weighted by Gasteiger charge is 2.11. The minimum atomic E-state index is -0.665. The molecule has 0 fully saturated rings. The van der Waals surface area contributed by atoms with Crippen LogP contribution in [0.1, 0.15) is 0 Å². The van der Waals surface area contributed by atoms with Crippen LogP contribution >= 0.6 is 0 Å². The molecule has 0 aliphatic carbocycles. The quantitative estimate of drug-likeness (QED) is 0.746. The van der Waals surface area contributed by atoms with Crippen LogP contribution in [0.3, 0.4) is 0 Å². The van der Waals surface area contributed by atoms with Crippen molar-refractivity contribution in [1.29, 1.82) is 0 Å². The third kappa shape index (κ3) is 4.16. The average molecular weight is 316 g/mol. The average Bonchev–Trinajstić information content (AvgIpc) is 2.55. The third-order valence-corrected chi connectivity index (χ3v) is 3.00. The van der Waals surface area contributed by atoms with Gasteiger partial charge in [-0.3, -0.25) is 14.4 Å². The number of aromatic nitrogens is 2. The van der Waals surface area contributed by atoms with Crippen LogP contribution in [0.4, 0.5) is 0 Å². The zero-order chi connectivity index (χ0) is 16.8. The van der Waals surface area contributed by atoms with Crippen molar-refractivity contribution in [3.63, 3.8) is 0 Å². The van der Waals surface area contributed by atoms with Crippen molar-refractivity contribution in [2.45, 2.75) is 6.54 Å². The van der Waals surface area contributed by atoms with Crippen LogP contribution in [-0.4, -0.2) is 35.2 Å². The number of primary amides is 1. The summed E-state index contributed by atoms with van der Waals surface area (Å²) in [5.74, 6) is -0.597. The second kappa shape index (κ2) is 7.21. The van der Waals surface area contributed by atoms with E-state index in [-0.39, 0.29) is 13.1 Å². The van der Waals surface area contributed by atoms with Crippen LogP contribution < -0.4 is 21.3 Å². The highest BCUT2D eigenvalue weighted by Crippen LogP contribution is 2.26. The molecule has 0 saturated heterocycles. The Labute approximate surface area is 131 Å². The van der Waals surface area contributed by atoms with Crippen molar-refractivity contribution < 1.29 is 14.3 Å². The molecule has 1 heterocycles. The summed E-state index contributed by atoms with van der Waals surface area (Å²) in [4.78, 5) is 34.2. The molecule has 2 rings (SSSR count). The van der Waals surface area contributed by atoms with Crippen LogP contribution in [0.25, 0.3) is 11.3 Å². The van der Waals surface area contributed by atoms with Crippen molar-refractivity contribution in [3.05, 3.63) is 46.8 Å². The zero-order valence-electron chi connectivity index (χ0n) is 12.5. The predicted molar refractivity (Wildman–Crippen MR) is 82.7 cm³/mol. The molecule has 0 unspecified atom stereocenters. The van der Waals surface area contributed by atoms with E-state index in [2.05, 4.69) is 10.4 Å². The predicted octanol–water partition coefficient (Wildman–Crippen LogP) is -0.480. The van der Waals surface area contributed by atoms with E-state index in [9.17, 15) is 14.4 Å². The van der Waals surface area contributed by atoms with Gasteiger partial charge in [-0.15, -0.1) is 0 Å². The second-order valence-corrected chi connectivity index (χ2v) is 4.66. The fraction of sp³-hybridized carbons (Fsp3) is 0.200. The van der Waals surface area contributed by atoms with Crippen molar-refractivity contribution in [2.75, 3.05) is 13.7 Å². The van der Waals surface area contributed by atoms with E-state index in [1.165, 1.54) is 13.2 Å². The maximum Gasteiger partial charge on any atom is 0.267 e. The number of amides is 2. The lowest BCUT2D eigenvalue weighted by atomic mass is 10.1. The molecular formula is C15H16N4O4. The highest BCUT2D eigenvalue weighted by atomic mass is 16.5. The number of ether oxygens (including phenoxy) is 1. The van der Waals surface area contributed by atoms with Crippen LogP contribution in [0, 0.1) is 0 Å². The maximum absolute atomic E-state index is 11.8. The number of benzene rings is 1. The summed E-state index contributed by atoms with van der Waals surface area (Å²) in [7, 11) is 1.53. The number of nitrogens with one attached hydrogen (secondary N) is 1. The topological polar surface area (TPSA) is 116 Å². The smallest absolute Gasteiger partial charge is 0.267 e. The Morgan fingerprint density at radius 1 is 1.26 bits per heavy atom. The van der Waals surface area contributed by atoms with Gasteiger partial charge in [-0.05, 0) is 18.2 Å². The first kappa shape index (κ1) is 16.2. The summed E-state index contributed by atoms with van der Waals surface area (Å²) in [5, 5.41) is 6.47. The Bertz CT molecular complexity index is 785. The van der Waals surface area contributed by atoms with Crippen molar-refractivity contribution in [1.82, 2.24) is 15.1 Å². The molecule has 0 aliphatic rings. The Kier molecular flexibility index (Phi) is 5.08. The molecule has 8 heteroatoms. The fourth-order valence-corrected chi connectivity index (χ4v) is 1.94. The van der Waals surface area contributed by atoms with Gasteiger partial charge < -0.3 is 15.8 Å². The Morgan fingerprint density at radius 2 is 2.00 bits per heavy atom. The van der Waals surface area contributed by atoms with E-state index >= 15 is 0 Å². The fourth-order valence-electron chi connectivity index (χ4n) is 1.94. The number of carbonyl (C=O) groups excluding carboxylic acids is 2. The van der Waals surface area contributed by atoms with Gasteiger partial charge in [0.1, 0.15) is 12.3 Å². The van der Waals surface area contributed by atoms with Gasteiger partial charge in [0, 0.05) is 11.6 Å². The van der Waals surface area contributed by atoms with E-state index < -0.39 is 17.4 Å². The number of para-hydroxylation sites is 1. The number of methoxy groups -OCH3 is 1. The van der Waals surface area contributed by atoms with Crippen LogP contribution in [-0.2, 0) is 16.1 Å². The van der Waals surface area contributed by atoms with Crippen molar-refractivity contribution >= 4 is 11.8 Å². The van der Waals surface area contributed by atoms with Crippen LogP contribution in [0.2, 0.25) is 0 Å². The lowest BCUT2D eigenvalue weighted by Crippen LogP contribution is -2.38. The molecule has 0 aliphatic heterocycles. The van der Waals surface area contributed by atoms with Crippen molar-refractivity contribution in [2.24, 2.45) is 5.73 Å². The molecule has 1 aromatic carbocycles. The van der Waals surface area contributed by atoms with Gasteiger partial charge in [0.2, 0.25) is 11.8 Å². The van der Waals surface area contributed by atoms with Gasteiger partial charge in [0.15, 0.2) is 0 Å². The molecule has 2 amide bonds. The van der Waals surface area contributed by atoms with Gasteiger partial charge in [-0.2, -0.15) is 5.10 Å². The summed E-state index contributed by atoms with van der Waals surface area (Å²) >= 11 is 0. The minimum absolute atomic E-state index is 0.292. The first-order valence-corrected chi connectivity index (χ1v) is 6.78. The number of hydrogen-bond acceptors (Lipinski definition) is 5. The molecule has 2 aromatic rings. The molecule has 23 heavy (non-hydrogen) atoms. The van der Waals surface area contributed by atoms with Crippen LogP contribution in [0.5, 0.6) is 5.75 Å². The lowest BCUT2D eigenvalue weighted by molar-refractivity contribution is -0.125. The van der Waals surface area contributed by atoms with E-state index in [1.54, 1.807) is 18.2 Å². The first-order chi connectivity index (χ1) is 11.0. The molecule has 0 bridgehead atoms. The third-order valence-electron chi connectivity index (χ3n) is 3.00. The van der Waals surface area contributed by atoms with E-state index in [4.69, 9.17) is 10.5 Å². The number of nitrogens with two attached hydrogens (primary N) is 1. The zero-order valence-corrected chi connectivity index (χ0v) is 12.5. The summed E-state index contributed by atoms with van der Waals surface area (Å²) in [6, 6.07) is 10.1. The Hall–Kier alpha value is -3.16. The molecule has 0 saturated carbocycles. The number of nitrogens with zero attached hydrogens (tertiary/aromatic N) is 2. The standard InChI is InChI=1S/C15H16N4O4/c1-23-12-5-3-2-4-10(12)11-6-7-15(22)19(18-11)9-14(21)17-8-13(16)20/h2-7H,8-9H2,1H3,(H2,16,20)(H,17,21). The van der Waals surface area contributed by atoms with Gasteiger partial charge in [-0.25, -0.2) is 4.68 Å². The number of rotatable bonds is 6. The lowest BCUT2D eigenvalue weighted by Gasteiger charge is -2.10. The van der Waals surface area contributed by atoms with Gasteiger partial charge in [0.25, 0.3) is 5.56 Å². The normalized spacial score (nSPS) is 10.1. The summed E-state index contributed by atoms with van der Waals surface area (Å²) in [5.41, 5.74) is 5.70. The molecule has 1 aromatic heterocycles. The van der Waals surface area contributed by atoms with Crippen molar-refractivity contribution in [3.8, 4) is 17.0 Å². The summed E-state index contributed by atoms with van der Waals surface area (Å²) in [6.07, 6.45) is 0. The molecular weight excluding hydrogens is 300 g/mol. The van der Waals surface area contributed by atoms with Gasteiger partial charge in [0.05, 0.1) is 19.3 Å². The number of carbonyl (C=O) groups is 2. The maximum atomic E-state index is 11.8. The Balaban J connectivity index is 2.27. The molecule has 120 valence electrons. The molecule has 0 radical (unpaired) electrons. The SMILES string of the molecule is COc1ccccc1-c1ccc(=O)n(CC(=O)NCC(N)=O)n1. The van der Waals surface area contributed by atoms with E-state index in [0.717, 1.165) is 4.68 Å². The van der Waals surface area contributed by atoms with E-state index in [1.807, 2.05) is 12.1 Å². The summed E-state index contributed by atoms with van der Waals surface area (Å²) in [6.45, 7) is -0.602. The van der Waals surface area contributed by atoms with Gasteiger partial charge in [-0.1, -0.05) is 12.1 Å².